The summed E-state index contributed by atoms with van der Waals surface area (Å²) >= 11 is 0. The second-order valence-electron chi connectivity index (χ2n) is 9.19. The molecule has 0 bridgehead atoms. The Balaban J connectivity index is 2.24. The van der Waals surface area contributed by atoms with Gasteiger partial charge in [-0.3, -0.25) is 0 Å². The number of carbonyl (C=O) groups excluding carboxylic acids is 1. The Morgan fingerprint density at radius 3 is 1.69 bits per heavy atom. The van der Waals surface area contributed by atoms with Crippen LogP contribution in [0.1, 0.15) is 51.9 Å². The van der Waals surface area contributed by atoms with Crippen molar-refractivity contribution in [2.24, 2.45) is 0 Å². The zero-order chi connectivity index (χ0) is 25.5. The molecule has 0 spiro atoms. The summed E-state index contributed by atoms with van der Waals surface area (Å²) in [6.07, 6.45) is 0. The van der Waals surface area contributed by atoms with Crippen LogP contribution >= 0.6 is 0 Å². The second-order valence-corrected chi connectivity index (χ2v) is 18.6. The molecule has 0 fully saturated rings. The van der Waals surface area contributed by atoms with Crippen molar-refractivity contribution < 1.29 is 18.4 Å². The first-order chi connectivity index (χ1) is 16.9. The number of hydrogen-bond donors (Lipinski definition) is 0. The van der Waals surface area contributed by atoms with Crippen molar-refractivity contribution in [3.8, 4) is 17.2 Å². The zero-order valence-electron chi connectivity index (χ0n) is 22.1. The lowest BCUT2D eigenvalue weighted by Crippen LogP contribution is -2.40. The van der Waals surface area contributed by atoms with E-state index in [0.29, 0.717) is 17.1 Å². The van der Waals surface area contributed by atoms with Gasteiger partial charge in [0.15, 0.2) is 0 Å². The third-order valence-corrected chi connectivity index (χ3v) is 16.7. The predicted molar refractivity (Wildman–Crippen MR) is 151 cm³/mol. The summed E-state index contributed by atoms with van der Waals surface area (Å²) in [6.45, 7) is 13.2. The van der Waals surface area contributed by atoms with Gasteiger partial charge in [-0.1, -0.05) is 84.0 Å². The van der Waals surface area contributed by atoms with Gasteiger partial charge in [0.1, 0.15) is 22.8 Å². The van der Waals surface area contributed by atoms with Crippen LogP contribution in [0.15, 0.2) is 60.7 Å². The van der Waals surface area contributed by atoms with E-state index in [4.69, 9.17) is 13.6 Å². The molecule has 3 aromatic rings. The Bertz CT molecular complexity index is 1110. The maximum absolute atomic E-state index is 13.6. The summed E-state index contributed by atoms with van der Waals surface area (Å²) < 4.78 is 19.6. The van der Waals surface area contributed by atoms with E-state index in [1.807, 2.05) is 42.5 Å². The van der Waals surface area contributed by atoms with E-state index < -0.39 is 22.6 Å². The van der Waals surface area contributed by atoms with Gasteiger partial charge in [0.05, 0.1) is 0 Å². The van der Waals surface area contributed by atoms with Crippen LogP contribution in [0.5, 0.6) is 17.2 Å². The van der Waals surface area contributed by atoms with Crippen LogP contribution < -0.4 is 13.6 Å². The number of carbonyl (C=O) groups is 1. The smallest absolute Gasteiger partial charge is 0.347 e. The normalized spacial score (nSPS) is 11.9. The SMILES string of the molecule is CC[Si](CC)(CC)Oc1cc(C(=O)Oc2ccccc2)c(O[Si](CC)(CC)CC)c2ccccc12. The van der Waals surface area contributed by atoms with Gasteiger partial charge in [-0.15, -0.1) is 0 Å². The highest BCUT2D eigenvalue weighted by Crippen LogP contribution is 2.41. The molecule has 0 saturated heterocycles. The van der Waals surface area contributed by atoms with E-state index in [0.717, 1.165) is 52.8 Å². The van der Waals surface area contributed by atoms with Crippen molar-refractivity contribution in [3.63, 3.8) is 0 Å². The standard InChI is InChI=1S/C29H40O4Si2/c1-7-34(8-2,9-3)32-27-22-26(29(30)31-23-18-14-13-15-19-23)28(25-21-17-16-20-24(25)27)33-35(10-4,11-5)12-6/h13-22H,7-12H2,1-6H3. The molecule has 188 valence electrons. The molecule has 0 radical (unpaired) electrons. The van der Waals surface area contributed by atoms with Gasteiger partial charge in [0.2, 0.25) is 0 Å². The lowest BCUT2D eigenvalue weighted by molar-refractivity contribution is 0.0732. The Labute approximate surface area is 212 Å². The second kappa shape index (κ2) is 11.9. The first-order valence-corrected chi connectivity index (χ1v) is 18.2. The number of fused-ring (bicyclic) bond motifs is 1. The fourth-order valence-electron chi connectivity index (χ4n) is 4.69. The van der Waals surface area contributed by atoms with E-state index in [1.165, 1.54) is 0 Å². The summed E-state index contributed by atoms with van der Waals surface area (Å²) in [5, 5.41) is 1.92. The molecule has 35 heavy (non-hydrogen) atoms. The summed E-state index contributed by atoms with van der Waals surface area (Å²) in [5.41, 5.74) is 0.445. The molecular weight excluding hydrogens is 468 g/mol. The highest BCUT2D eigenvalue weighted by atomic mass is 28.4. The number of esters is 1. The molecule has 0 aromatic heterocycles. The molecule has 0 aliphatic rings. The molecule has 0 amide bonds. The quantitative estimate of drug-likeness (QED) is 0.139. The molecule has 6 heteroatoms. The lowest BCUT2D eigenvalue weighted by Gasteiger charge is -2.33. The molecule has 4 nitrogen and oxygen atoms in total. The zero-order valence-corrected chi connectivity index (χ0v) is 24.1. The maximum Gasteiger partial charge on any atom is 0.347 e. The van der Waals surface area contributed by atoms with Crippen LogP contribution in [0.4, 0.5) is 0 Å². The van der Waals surface area contributed by atoms with E-state index in [9.17, 15) is 4.79 Å². The molecule has 3 rings (SSSR count). The van der Waals surface area contributed by atoms with Crippen LogP contribution in [0.3, 0.4) is 0 Å². The molecule has 0 saturated carbocycles. The lowest BCUT2D eigenvalue weighted by atomic mass is 10.0. The van der Waals surface area contributed by atoms with Crippen LogP contribution in [-0.4, -0.2) is 22.6 Å². The number of hydrogen-bond acceptors (Lipinski definition) is 4. The maximum atomic E-state index is 13.6. The van der Waals surface area contributed by atoms with Crippen molar-refractivity contribution in [2.75, 3.05) is 0 Å². The topological polar surface area (TPSA) is 44.8 Å². The van der Waals surface area contributed by atoms with Gasteiger partial charge < -0.3 is 13.6 Å². The van der Waals surface area contributed by atoms with Crippen LogP contribution in [0.25, 0.3) is 10.8 Å². The van der Waals surface area contributed by atoms with Crippen LogP contribution in [0.2, 0.25) is 36.3 Å². The van der Waals surface area contributed by atoms with Gasteiger partial charge in [-0.25, -0.2) is 4.79 Å². The first kappa shape index (κ1) is 27.0. The van der Waals surface area contributed by atoms with Gasteiger partial charge in [0, 0.05) is 10.8 Å². The average molecular weight is 509 g/mol. The van der Waals surface area contributed by atoms with Gasteiger partial charge in [-0.05, 0) is 54.5 Å². The van der Waals surface area contributed by atoms with Crippen molar-refractivity contribution >= 4 is 33.4 Å². The average Bonchev–Trinajstić information content (AvgIpc) is 2.91. The summed E-state index contributed by atoms with van der Waals surface area (Å²) in [4.78, 5) is 13.6. The number of rotatable bonds is 12. The van der Waals surface area contributed by atoms with E-state index in [-0.39, 0.29) is 0 Å². The Kier molecular flexibility index (Phi) is 9.19. The van der Waals surface area contributed by atoms with Gasteiger partial charge in [-0.2, -0.15) is 0 Å². The molecule has 0 unspecified atom stereocenters. The highest BCUT2D eigenvalue weighted by molar-refractivity contribution is 6.75. The third-order valence-electron chi connectivity index (χ3n) is 7.64. The van der Waals surface area contributed by atoms with E-state index in [1.54, 1.807) is 12.1 Å². The highest BCUT2D eigenvalue weighted by Gasteiger charge is 2.35. The minimum atomic E-state index is -2.07. The summed E-state index contributed by atoms with van der Waals surface area (Å²) in [6, 6.07) is 25.3. The predicted octanol–water partition coefficient (Wildman–Crippen LogP) is 8.83. The fraction of sp³-hybridized carbons (Fsp3) is 0.414. The number of benzene rings is 3. The molecule has 0 aliphatic heterocycles. The van der Waals surface area contributed by atoms with Crippen molar-refractivity contribution in [2.45, 2.75) is 77.8 Å². The Morgan fingerprint density at radius 2 is 1.14 bits per heavy atom. The fourth-order valence-corrected chi connectivity index (χ4v) is 9.85. The number of para-hydroxylation sites is 1. The largest absolute Gasteiger partial charge is 0.543 e. The van der Waals surface area contributed by atoms with E-state index in [2.05, 4.69) is 47.6 Å². The molecule has 0 N–H and O–H groups in total. The van der Waals surface area contributed by atoms with Gasteiger partial charge >= 0.3 is 5.97 Å². The third kappa shape index (κ3) is 5.81. The minimum Gasteiger partial charge on any atom is -0.543 e. The Hall–Kier alpha value is -2.58. The first-order valence-electron chi connectivity index (χ1n) is 13.1. The molecule has 3 aromatic carbocycles. The van der Waals surface area contributed by atoms with Crippen molar-refractivity contribution in [1.29, 1.82) is 0 Å². The molecular formula is C29H40O4Si2. The van der Waals surface area contributed by atoms with Crippen molar-refractivity contribution in [1.82, 2.24) is 0 Å². The summed E-state index contributed by atoms with van der Waals surface area (Å²) in [5.74, 6) is 1.51. The molecule has 0 heterocycles. The summed E-state index contributed by atoms with van der Waals surface area (Å²) in [7, 11) is -4.05. The van der Waals surface area contributed by atoms with E-state index >= 15 is 0 Å². The molecule has 0 atom stereocenters. The minimum absolute atomic E-state index is 0.412. The Morgan fingerprint density at radius 1 is 0.657 bits per heavy atom. The van der Waals surface area contributed by atoms with Crippen LogP contribution in [-0.2, 0) is 0 Å². The van der Waals surface area contributed by atoms with Gasteiger partial charge in [0.25, 0.3) is 16.6 Å². The molecule has 0 aliphatic carbocycles. The van der Waals surface area contributed by atoms with Crippen molar-refractivity contribution in [3.05, 3.63) is 66.2 Å². The van der Waals surface area contributed by atoms with Crippen LogP contribution in [0, 0.1) is 0 Å². The monoisotopic (exact) mass is 508 g/mol. The number of ether oxygens (including phenoxy) is 1.